The Labute approximate surface area is 166 Å². The van der Waals surface area contributed by atoms with Crippen LogP contribution in [0.3, 0.4) is 0 Å². The number of nitrogens with zero attached hydrogens (tertiary/aromatic N) is 2. The molecule has 2 aromatic rings. The van der Waals surface area contributed by atoms with Crippen LogP contribution in [0.4, 0.5) is 0 Å². The molecule has 1 N–H and O–H groups in total. The molecule has 1 aromatic heterocycles. The molecule has 1 saturated heterocycles. The van der Waals surface area contributed by atoms with E-state index < -0.39 is 0 Å². The number of amides is 2. The number of hydrogen-bond acceptors (Lipinski definition) is 4. The van der Waals surface area contributed by atoms with Crippen molar-refractivity contribution in [3.8, 4) is 0 Å². The van der Waals surface area contributed by atoms with Gasteiger partial charge in [0.05, 0.1) is 15.5 Å². The molecule has 138 valence electrons. The molecule has 2 amide bonds. The predicted octanol–water partition coefficient (Wildman–Crippen LogP) is 3.24. The van der Waals surface area contributed by atoms with E-state index in [-0.39, 0.29) is 11.8 Å². The van der Waals surface area contributed by atoms with Crippen molar-refractivity contribution < 1.29 is 9.59 Å². The number of thiophene rings is 1. The third-order valence-electron chi connectivity index (χ3n) is 4.28. The van der Waals surface area contributed by atoms with Gasteiger partial charge in [0.2, 0.25) is 0 Å². The first-order chi connectivity index (χ1) is 12.5. The summed E-state index contributed by atoms with van der Waals surface area (Å²) in [5, 5.41) is 5.64. The summed E-state index contributed by atoms with van der Waals surface area (Å²) in [5.41, 5.74) is 0.380. The van der Waals surface area contributed by atoms with Gasteiger partial charge in [-0.05, 0) is 29.6 Å². The summed E-state index contributed by atoms with van der Waals surface area (Å²) in [7, 11) is 0. The van der Waals surface area contributed by atoms with Crippen molar-refractivity contribution >= 4 is 46.4 Å². The maximum absolute atomic E-state index is 12.3. The molecule has 26 heavy (non-hydrogen) atoms. The van der Waals surface area contributed by atoms with E-state index in [2.05, 4.69) is 10.2 Å². The van der Waals surface area contributed by atoms with Crippen LogP contribution in [0.2, 0.25) is 10.0 Å². The van der Waals surface area contributed by atoms with Crippen LogP contribution in [0.5, 0.6) is 0 Å². The minimum Gasteiger partial charge on any atom is -0.351 e. The first-order valence-electron chi connectivity index (χ1n) is 8.33. The predicted molar refractivity (Wildman–Crippen MR) is 105 cm³/mol. The second-order valence-corrected chi connectivity index (χ2v) is 7.78. The van der Waals surface area contributed by atoms with Gasteiger partial charge >= 0.3 is 0 Å². The first-order valence-corrected chi connectivity index (χ1v) is 9.96. The van der Waals surface area contributed by atoms with Crippen molar-refractivity contribution in [3.05, 3.63) is 56.2 Å². The second-order valence-electron chi connectivity index (χ2n) is 5.99. The van der Waals surface area contributed by atoms with Crippen molar-refractivity contribution in [1.82, 2.24) is 15.1 Å². The zero-order valence-electron chi connectivity index (χ0n) is 14.1. The van der Waals surface area contributed by atoms with Crippen molar-refractivity contribution in [1.29, 1.82) is 0 Å². The maximum atomic E-state index is 12.3. The lowest BCUT2D eigenvalue weighted by Crippen LogP contribution is -2.50. The summed E-state index contributed by atoms with van der Waals surface area (Å²) in [6.45, 7) is 4.23. The standard InChI is InChI=1S/C18H19Cl2N3O2S/c19-13-3-4-15(20)14(12-13)17(24)21-5-6-22-7-9-23(10-8-22)18(25)16-2-1-11-26-16/h1-4,11-12H,5-10H2,(H,21,24). The Morgan fingerprint density at radius 1 is 1.12 bits per heavy atom. The molecule has 1 aliphatic rings. The van der Waals surface area contributed by atoms with E-state index in [1.54, 1.807) is 18.2 Å². The monoisotopic (exact) mass is 411 g/mol. The number of hydrogen-bond donors (Lipinski definition) is 1. The van der Waals surface area contributed by atoms with Crippen LogP contribution in [0.1, 0.15) is 20.0 Å². The molecule has 1 aliphatic heterocycles. The minimum absolute atomic E-state index is 0.101. The fourth-order valence-electron chi connectivity index (χ4n) is 2.82. The van der Waals surface area contributed by atoms with Gasteiger partial charge in [-0.15, -0.1) is 11.3 Å². The number of nitrogens with one attached hydrogen (secondary N) is 1. The Balaban J connectivity index is 1.42. The van der Waals surface area contributed by atoms with Gasteiger partial charge in [-0.25, -0.2) is 0 Å². The van der Waals surface area contributed by atoms with E-state index in [0.717, 1.165) is 24.5 Å². The molecular weight excluding hydrogens is 393 g/mol. The van der Waals surface area contributed by atoms with Crippen LogP contribution in [0.25, 0.3) is 0 Å². The average Bonchev–Trinajstić information content (AvgIpc) is 3.18. The number of rotatable bonds is 5. The Bertz CT molecular complexity index is 775. The van der Waals surface area contributed by atoms with Gasteiger partial charge in [-0.2, -0.15) is 0 Å². The highest BCUT2D eigenvalue weighted by Crippen LogP contribution is 2.20. The molecule has 0 bridgehead atoms. The molecule has 1 aromatic carbocycles. The molecule has 8 heteroatoms. The SMILES string of the molecule is O=C(NCCN1CCN(C(=O)c2cccs2)CC1)c1cc(Cl)ccc1Cl. The lowest BCUT2D eigenvalue weighted by atomic mass is 10.2. The second kappa shape index (κ2) is 8.86. The molecular formula is C18H19Cl2N3O2S. The van der Waals surface area contributed by atoms with E-state index >= 15 is 0 Å². The summed E-state index contributed by atoms with van der Waals surface area (Å²) >= 11 is 13.4. The van der Waals surface area contributed by atoms with Crippen molar-refractivity contribution in [3.63, 3.8) is 0 Å². The van der Waals surface area contributed by atoms with Gasteiger partial charge in [0.15, 0.2) is 0 Å². The fourth-order valence-corrected chi connectivity index (χ4v) is 3.89. The van der Waals surface area contributed by atoms with Crippen molar-refractivity contribution in [2.75, 3.05) is 39.3 Å². The van der Waals surface area contributed by atoms with Crippen LogP contribution < -0.4 is 5.32 Å². The number of halogens is 2. The van der Waals surface area contributed by atoms with E-state index in [4.69, 9.17) is 23.2 Å². The summed E-state index contributed by atoms with van der Waals surface area (Å²) < 4.78 is 0. The number of piperazine rings is 1. The Morgan fingerprint density at radius 2 is 1.88 bits per heavy atom. The van der Waals surface area contributed by atoms with Gasteiger partial charge in [0, 0.05) is 44.3 Å². The summed E-state index contributed by atoms with van der Waals surface area (Å²) in [4.78, 5) is 29.4. The highest BCUT2D eigenvalue weighted by Gasteiger charge is 2.22. The van der Waals surface area contributed by atoms with Gasteiger partial charge in [0.1, 0.15) is 0 Å². The van der Waals surface area contributed by atoms with Crippen molar-refractivity contribution in [2.24, 2.45) is 0 Å². The van der Waals surface area contributed by atoms with Gasteiger partial charge in [-0.1, -0.05) is 29.3 Å². The summed E-state index contributed by atoms with van der Waals surface area (Å²) in [6, 6.07) is 8.58. The Hall–Kier alpha value is -1.60. The van der Waals surface area contributed by atoms with Crippen LogP contribution in [-0.4, -0.2) is 60.9 Å². The van der Waals surface area contributed by atoms with Gasteiger partial charge < -0.3 is 10.2 Å². The fraction of sp³-hybridized carbons (Fsp3) is 0.333. The van der Waals surface area contributed by atoms with Crippen LogP contribution >= 0.6 is 34.5 Å². The van der Waals surface area contributed by atoms with E-state index in [0.29, 0.717) is 35.2 Å². The van der Waals surface area contributed by atoms with Crippen LogP contribution in [0, 0.1) is 0 Å². The summed E-state index contributed by atoms with van der Waals surface area (Å²) in [6.07, 6.45) is 0. The van der Waals surface area contributed by atoms with Gasteiger partial charge in [-0.3, -0.25) is 14.5 Å². The molecule has 1 fully saturated rings. The molecule has 0 aliphatic carbocycles. The van der Waals surface area contributed by atoms with Gasteiger partial charge in [0.25, 0.3) is 11.8 Å². The van der Waals surface area contributed by atoms with E-state index in [1.165, 1.54) is 11.3 Å². The number of carbonyl (C=O) groups excluding carboxylic acids is 2. The highest BCUT2D eigenvalue weighted by atomic mass is 35.5. The molecule has 0 saturated carbocycles. The molecule has 2 heterocycles. The minimum atomic E-state index is -0.232. The lowest BCUT2D eigenvalue weighted by Gasteiger charge is -2.34. The molecule has 0 radical (unpaired) electrons. The lowest BCUT2D eigenvalue weighted by molar-refractivity contribution is 0.0643. The Morgan fingerprint density at radius 3 is 2.58 bits per heavy atom. The first kappa shape index (κ1) is 19.2. The smallest absolute Gasteiger partial charge is 0.264 e. The van der Waals surface area contributed by atoms with Crippen molar-refractivity contribution in [2.45, 2.75) is 0 Å². The van der Waals surface area contributed by atoms with E-state index in [1.807, 2.05) is 22.4 Å². The quantitative estimate of drug-likeness (QED) is 0.821. The topological polar surface area (TPSA) is 52.7 Å². The zero-order chi connectivity index (χ0) is 18.5. The molecule has 0 atom stereocenters. The third kappa shape index (κ3) is 4.76. The molecule has 3 rings (SSSR count). The molecule has 5 nitrogen and oxygen atoms in total. The van der Waals surface area contributed by atoms with E-state index in [9.17, 15) is 9.59 Å². The largest absolute Gasteiger partial charge is 0.351 e. The Kier molecular flexibility index (Phi) is 6.53. The van der Waals surface area contributed by atoms with Crippen LogP contribution in [0.15, 0.2) is 35.7 Å². The van der Waals surface area contributed by atoms with Crippen LogP contribution in [-0.2, 0) is 0 Å². The third-order valence-corrected chi connectivity index (χ3v) is 5.70. The number of benzene rings is 1. The summed E-state index contributed by atoms with van der Waals surface area (Å²) in [5.74, 6) is -0.132. The zero-order valence-corrected chi connectivity index (χ0v) is 16.4. The molecule has 0 spiro atoms. The average molecular weight is 412 g/mol. The highest BCUT2D eigenvalue weighted by molar-refractivity contribution is 7.12. The maximum Gasteiger partial charge on any atom is 0.264 e. The molecule has 0 unspecified atom stereocenters. The normalized spacial score (nSPS) is 15.1. The number of carbonyl (C=O) groups is 2.